The molecule has 2 aromatic rings. The van der Waals surface area contributed by atoms with Crippen molar-refractivity contribution in [3.63, 3.8) is 0 Å². The average molecular weight is 383 g/mol. The van der Waals surface area contributed by atoms with Gasteiger partial charge in [0.05, 0.1) is 12.1 Å². The molecule has 148 valence electrons. The first-order chi connectivity index (χ1) is 13.1. The van der Waals surface area contributed by atoms with Gasteiger partial charge in [0.15, 0.2) is 18.2 Å². The topological polar surface area (TPSA) is 93.3 Å². The number of ether oxygens (including phenoxy) is 1. The summed E-state index contributed by atoms with van der Waals surface area (Å²) in [4.78, 5) is 51.1. The molecule has 0 unspecified atom stereocenters. The number of rotatable bonds is 8. The van der Waals surface area contributed by atoms with Gasteiger partial charge in [-0.15, -0.1) is 0 Å². The second-order valence-corrected chi connectivity index (χ2v) is 7.01. The minimum absolute atomic E-state index is 0.0203. The average Bonchev–Trinajstić information content (AvgIpc) is 2.94. The van der Waals surface area contributed by atoms with Crippen molar-refractivity contribution >= 4 is 23.3 Å². The highest BCUT2D eigenvalue weighted by Crippen LogP contribution is 2.19. The summed E-state index contributed by atoms with van der Waals surface area (Å²) < 4.78 is 5.02. The molecule has 0 spiro atoms. The monoisotopic (exact) mass is 383 g/mol. The zero-order chi connectivity index (χ0) is 21.0. The van der Waals surface area contributed by atoms with Gasteiger partial charge in [-0.05, 0) is 51.8 Å². The number of ketones is 3. The number of H-pyrrole nitrogens is 1. The fraction of sp³-hybridized carbons (Fsp3) is 0.364. The van der Waals surface area contributed by atoms with E-state index in [2.05, 4.69) is 4.98 Å². The largest absolute Gasteiger partial charge is 0.457 e. The predicted molar refractivity (Wildman–Crippen MR) is 105 cm³/mol. The van der Waals surface area contributed by atoms with Crippen LogP contribution < -0.4 is 0 Å². The summed E-state index contributed by atoms with van der Waals surface area (Å²) in [6.07, 6.45) is -0.0760. The van der Waals surface area contributed by atoms with Gasteiger partial charge in [-0.1, -0.05) is 17.7 Å². The van der Waals surface area contributed by atoms with Crippen molar-refractivity contribution in [2.45, 2.75) is 47.5 Å². The maximum Gasteiger partial charge on any atom is 0.306 e. The Hall–Kier alpha value is -3.02. The van der Waals surface area contributed by atoms with Crippen LogP contribution in [-0.2, 0) is 9.53 Å². The molecule has 0 aliphatic rings. The Kier molecular flexibility index (Phi) is 6.67. The number of aromatic amines is 1. The van der Waals surface area contributed by atoms with Crippen LogP contribution in [0, 0.1) is 27.7 Å². The fourth-order valence-corrected chi connectivity index (χ4v) is 3.23. The van der Waals surface area contributed by atoms with Crippen molar-refractivity contribution in [1.82, 2.24) is 4.98 Å². The van der Waals surface area contributed by atoms with Crippen LogP contribution >= 0.6 is 0 Å². The summed E-state index contributed by atoms with van der Waals surface area (Å²) in [5.41, 5.74) is 4.34. The molecular weight excluding hydrogens is 358 g/mol. The molecule has 0 atom stereocenters. The Morgan fingerprint density at radius 2 is 1.64 bits per heavy atom. The maximum atomic E-state index is 12.3. The van der Waals surface area contributed by atoms with Gasteiger partial charge in [-0.25, -0.2) is 0 Å². The highest BCUT2D eigenvalue weighted by Gasteiger charge is 2.21. The quantitative estimate of drug-likeness (QED) is 0.552. The Labute approximate surface area is 164 Å². The summed E-state index contributed by atoms with van der Waals surface area (Å²) >= 11 is 0. The molecule has 0 aliphatic heterocycles. The Balaban J connectivity index is 1.91. The molecule has 6 nitrogen and oxygen atoms in total. The number of Topliss-reactive ketones (excluding diaryl/α,β-unsaturated/α-hetero) is 3. The molecule has 0 aliphatic carbocycles. The number of aryl methyl sites for hydroxylation is 3. The van der Waals surface area contributed by atoms with E-state index in [1.807, 2.05) is 26.0 Å². The maximum absolute atomic E-state index is 12.3. The second kappa shape index (κ2) is 8.78. The van der Waals surface area contributed by atoms with Crippen molar-refractivity contribution in [1.29, 1.82) is 0 Å². The van der Waals surface area contributed by atoms with Gasteiger partial charge in [0, 0.05) is 23.2 Å². The summed E-state index contributed by atoms with van der Waals surface area (Å²) in [5.74, 6) is -1.29. The number of hydrogen-bond acceptors (Lipinski definition) is 5. The smallest absolute Gasteiger partial charge is 0.306 e. The van der Waals surface area contributed by atoms with E-state index in [0.717, 1.165) is 11.1 Å². The van der Waals surface area contributed by atoms with E-state index < -0.39 is 18.4 Å². The standard InChI is InChI=1S/C22H25NO5/c1-12-6-7-13(2)17(10-12)18(25)8-9-20(27)28-11-19(26)22-14(3)21(16(5)24)15(4)23-22/h6-7,10,23H,8-9,11H2,1-5H3. The molecule has 0 fully saturated rings. The van der Waals surface area contributed by atoms with Crippen LogP contribution in [0.4, 0.5) is 0 Å². The lowest BCUT2D eigenvalue weighted by Gasteiger charge is -2.07. The predicted octanol–water partition coefficient (Wildman–Crippen LogP) is 3.84. The van der Waals surface area contributed by atoms with E-state index in [-0.39, 0.29) is 30.1 Å². The number of hydrogen-bond donors (Lipinski definition) is 1. The molecule has 0 amide bonds. The SMILES string of the molecule is CC(=O)c1c(C)[nH]c(C(=O)COC(=O)CCC(=O)c2cc(C)ccc2C)c1C. The van der Waals surface area contributed by atoms with E-state index in [4.69, 9.17) is 4.74 Å². The molecule has 0 radical (unpaired) electrons. The highest BCUT2D eigenvalue weighted by molar-refractivity contribution is 6.04. The zero-order valence-electron chi connectivity index (χ0n) is 16.9. The number of aromatic nitrogens is 1. The van der Waals surface area contributed by atoms with Crippen molar-refractivity contribution < 1.29 is 23.9 Å². The fourth-order valence-electron chi connectivity index (χ4n) is 3.23. The lowest BCUT2D eigenvalue weighted by atomic mass is 9.99. The van der Waals surface area contributed by atoms with Crippen molar-refractivity contribution in [3.8, 4) is 0 Å². The number of esters is 1. The van der Waals surface area contributed by atoms with Crippen LogP contribution in [0.1, 0.15) is 73.4 Å². The lowest BCUT2D eigenvalue weighted by molar-refractivity contribution is -0.142. The second-order valence-electron chi connectivity index (χ2n) is 7.01. The van der Waals surface area contributed by atoms with Crippen molar-refractivity contribution in [2.75, 3.05) is 6.61 Å². The molecular formula is C22H25NO5. The first kappa shape index (κ1) is 21.3. The third-order valence-electron chi connectivity index (χ3n) is 4.68. The molecule has 1 aromatic carbocycles. The third-order valence-corrected chi connectivity index (χ3v) is 4.68. The van der Waals surface area contributed by atoms with Crippen molar-refractivity contribution in [3.05, 3.63) is 57.4 Å². The minimum Gasteiger partial charge on any atom is -0.457 e. The van der Waals surface area contributed by atoms with E-state index in [1.54, 1.807) is 19.9 Å². The van der Waals surface area contributed by atoms with Crippen LogP contribution in [0.3, 0.4) is 0 Å². The molecule has 0 bridgehead atoms. The van der Waals surface area contributed by atoms with Gasteiger partial charge in [-0.3, -0.25) is 19.2 Å². The molecule has 2 rings (SSSR count). The third kappa shape index (κ3) is 4.82. The minimum atomic E-state index is -0.611. The lowest BCUT2D eigenvalue weighted by Crippen LogP contribution is -2.16. The van der Waals surface area contributed by atoms with Crippen LogP contribution in [0.15, 0.2) is 18.2 Å². The van der Waals surface area contributed by atoms with Crippen LogP contribution in [0.25, 0.3) is 0 Å². The van der Waals surface area contributed by atoms with E-state index in [1.165, 1.54) is 6.92 Å². The molecule has 1 heterocycles. The number of nitrogens with one attached hydrogen (secondary N) is 1. The van der Waals surface area contributed by atoms with Gasteiger partial charge in [0.25, 0.3) is 0 Å². The van der Waals surface area contributed by atoms with Gasteiger partial charge in [0.2, 0.25) is 5.78 Å². The van der Waals surface area contributed by atoms with Gasteiger partial charge in [-0.2, -0.15) is 0 Å². The molecule has 0 saturated heterocycles. The van der Waals surface area contributed by atoms with Gasteiger partial charge in [0.1, 0.15) is 0 Å². The summed E-state index contributed by atoms with van der Waals surface area (Å²) in [5, 5.41) is 0. The first-order valence-corrected chi connectivity index (χ1v) is 9.11. The Morgan fingerprint density at radius 1 is 0.964 bits per heavy atom. The van der Waals surface area contributed by atoms with Crippen LogP contribution in [0.5, 0.6) is 0 Å². The van der Waals surface area contributed by atoms with Gasteiger partial charge < -0.3 is 9.72 Å². The van der Waals surface area contributed by atoms with Crippen LogP contribution in [-0.4, -0.2) is 34.9 Å². The Bertz CT molecular complexity index is 952. The first-order valence-electron chi connectivity index (χ1n) is 9.11. The van der Waals surface area contributed by atoms with Crippen LogP contribution in [0.2, 0.25) is 0 Å². The molecule has 1 N–H and O–H groups in total. The van der Waals surface area contributed by atoms with E-state index in [0.29, 0.717) is 22.4 Å². The highest BCUT2D eigenvalue weighted by atomic mass is 16.5. The Morgan fingerprint density at radius 3 is 2.25 bits per heavy atom. The molecule has 28 heavy (non-hydrogen) atoms. The zero-order valence-corrected chi connectivity index (χ0v) is 16.9. The molecule has 6 heteroatoms. The normalized spacial score (nSPS) is 10.6. The van der Waals surface area contributed by atoms with Crippen molar-refractivity contribution in [2.24, 2.45) is 0 Å². The molecule has 1 aromatic heterocycles. The number of carbonyl (C=O) groups is 4. The summed E-state index contributed by atoms with van der Waals surface area (Å²) in [6.45, 7) is 8.14. The summed E-state index contributed by atoms with van der Waals surface area (Å²) in [6, 6.07) is 5.60. The number of benzene rings is 1. The number of carbonyl (C=O) groups excluding carboxylic acids is 4. The summed E-state index contributed by atoms with van der Waals surface area (Å²) in [7, 11) is 0. The van der Waals surface area contributed by atoms with Gasteiger partial charge >= 0.3 is 5.97 Å². The molecule has 0 saturated carbocycles. The van der Waals surface area contributed by atoms with E-state index in [9.17, 15) is 19.2 Å². The van der Waals surface area contributed by atoms with E-state index >= 15 is 0 Å².